The molecule has 5 nitrogen and oxygen atoms in total. The number of nitrogens with zero attached hydrogens (tertiary/aromatic N) is 2. The molecular formula is C12H25N3O2. The highest BCUT2D eigenvalue weighted by Gasteiger charge is 2.20. The molecule has 0 aromatic rings. The highest BCUT2D eigenvalue weighted by molar-refractivity contribution is 4.76. The van der Waals surface area contributed by atoms with E-state index in [1.165, 1.54) is 0 Å². The van der Waals surface area contributed by atoms with Gasteiger partial charge in [-0.3, -0.25) is 9.80 Å². The SMILES string of the molecule is NCC(CCN1CCOCC1)N1CCOCC1. The zero-order valence-corrected chi connectivity index (χ0v) is 10.6. The van der Waals surface area contributed by atoms with Gasteiger partial charge in [0, 0.05) is 38.8 Å². The Morgan fingerprint density at radius 1 is 0.941 bits per heavy atom. The molecule has 5 heteroatoms. The van der Waals surface area contributed by atoms with E-state index in [9.17, 15) is 0 Å². The minimum Gasteiger partial charge on any atom is -0.379 e. The van der Waals surface area contributed by atoms with Gasteiger partial charge in [0.25, 0.3) is 0 Å². The number of rotatable bonds is 5. The summed E-state index contributed by atoms with van der Waals surface area (Å²) in [7, 11) is 0. The van der Waals surface area contributed by atoms with E-state index < -0.39 is 0 Å². The first-order chi connectivity index (χ1) is 8.40. The standard InChI is InChI=1S/C12H25N3O2/c13-11-12(15-5-9-17-10-6-15)1-2-14-3-7-16-8-4-14/h12H,1-11,13H2. The molecule has 0 saturated carbocycles. The van der Waals surface area contributed by atoms with Gasteiger partial charge in [-0.1, -0.05) is 0 Å². The fourth-order valence-corrected chi connectivity index (χ4v) is 2.55. The number of hydrogen-bond donors (Lipinski definition) is 1. The van der Waals surface area contributed by atoms with Crippen LogP contribution in [0.4, 0.5) is 0 Å². The van der Waals surface area contributed by atoms with E-state index >= 15 is 0 Å². The summed E-state index contributed by atoms with van der Waals surface area (Å²) in [5, 5.41) is 0. The van der Waals surface area contributed by atoms with Crippen molar-refractivity contribution in [2.75, 3.05) is 65.7 Å². The summed E-state index contributed by atoms with van der Waals surface area (Å²) in [6, 6.07) is 0.516. The largest absolute Gasteiger partial charge is 0.379 e. The van der Waals surface area contributed by atoms with Crippen LogP contribution in [-0.4, -0.2) is 81.5 Å². The highest BCUT2D eigenvalue weighted by Crippen LogP contribution is 2.08. The fourth-order valence-electron chi connectivity index (χ4n) is 2.55. The molecule has 1 unspecified atom stereocenters. The maximum atomic E-state index is 5.89. The first-order valence-electron chi connectivity index (χ1n) is 6.72. The molecule has 0 radical (unpaired) electrons. The third kappa shape index (κ3) is 4.19. The quantitative estimate of drug-likeness (QED) is 0.697. The van der Waals surface area contributed by atoms with Crippen LogP contribution >= 0.6 is 0 Å². The molecule has 0 spiro atoms. The average Bonchev–Trinajstić information content (AvgIpc) is 2.42. The minimum absolute atomic E-state index is 0.516. The maximum Gasteiger partial charge on any atom is 0.0594 e. The van der Waals surface area contributed by atoms with Crippen LogP contribution < -0.4 is 5.73 Å². The summed E-state index contributed by atoms with van der Waals surface area (Å²) >= 11 is 0. The third-order valence-corrected chi connectivity index (χ3v) is 3.72. The Kier molecular flexibility index (Phi) is 5.67. The minimum atomic E-state index is 0.516. The molecule has 0 amide bonds. The first-order valence-corrected chi connectivity index (χ1v) is 6.72. The summed E-state index contributed by atoms with van der Waals surface area (Å²) in [6.45, 7) is 9.57. The molecule has 2 aliphatic rings. The van der Waals surface area contributed by atoms with Crippen LogP contribution in [0.5, 0.6) is 0 Å². The normalized spacial score (nSPS) is 25.9. The van der Waals surface area contributed by atoms with Gasteiger partial charge >= 0.3 is 0 Å². The van der Waals surface area contributed by atoms with E-state index in [4.69, 9.17) is 15.2 Å². The van der Waals surface area contributed by atoms with Crippen LogP contribution in [0, 0.1) is 0 Å². The Bertz CT molecular complexity index is 204. The zero-order valence-electron chi connectivity index (χ0n) is 10.6. The Hall–Kier alpha value is -0.200. The van der Waals surface area contributed by atoms with E-state index in [-0.39, 0.29) is 0 Å². The molecule has 2 saturated heterocycles. The molecule has 0 aliphatic carbocycles. The van der Waals surface area contributed by atoms with Crippen molar-refractivity contribution in [3.63, 3.8) is 0 Å². The Balaban J connectivity index is 1.70. The van der Waals surface area contributed by atoms with E-state index in [2.05, 4.69) is 9.80 Å². The number of nitrogens with two attached hydrogens (primary N) is 1. The molecule has 17 heavy (non-hydrogen) atoms. The van der Waals surface area contributed by atoms with Crippen LogP contribution in [0.2, 0.25) is 0 Å². The van der Waals surface area contributed by atoms with Gasteiger partial charge in [0.2, 0.25) is 0 Å². The molecule has 100 valence electrons. The van der Waals surface area contributed by atoms with Crippen molar-refractivity contribution < 1.29 is 9.47 Å². The summed E-state index contributed by atoms with van der Waals surface area (Å²) in [4.78, 5) is 4.95. The number of morpholine rings is 2. The summed E-state index contributed by atoms with van der Waals surface area (Å²) < 4.78 is 10.7. The molecule has 2 aliphatic heterocycles. The molecule has 2 fully saturated rings. The molecule has 0 aromatic carbocycles. The van der Waals surface area contributed by atoms with Crippen LogP contribution in [-0.2, 0) is 9.47 Å². The van der Waals surface area contributed by atoms with Crippen molar-refractivity contribution in [1.82, 2.24) is 9.80 Å². The van der Waals surface area contributed by atoms with Gasteiger partial charge in [-0.15, -0.1) is 0 Å². The zero-order chi connectivity index (χ0) is 11.9. The molecule has 2 heterocycles. The van der Waals surface area contributed by atoms with Gasteiger partial charge in [-0.05, 0) is 13.0 Å². The highest BCUT2D eigenvalue weighted by atomic mass is 16.5. The van der Waals surface area contributed by atoms with Crippen molar-refractivity contribution in [2.24, 2.45) is 5.73 Å². The van der Waals surface area contributed by atoms with Crippen molar-refractivity contribution in [2.45, 2.75) is 12.5 Å². The summed E-state index contributed by atoms with van der Waals surface area (Å²) in [5.41, 5.74) is 5.89. The predicted molar refractivity (Wildman–Crippen MR) is 67.1 cm³/mol. The van der Waals surface area contributed by atoms with Crippen LogP contribution in [0.25, 0.3) is 0 Å². The Labute approximate surface area is 104 Å². The molecule has 0 aromatic heterocycles. The van der Waals surface area contributed by atoms with Gasteiger partial charge in [0.15, 0.2) is 0 Å². The predicted octanol–water partition coefficient (Wildman–Crippen LogP) is -0.632. The lowest BCUT2D eigenvalue weighted by molar-refractivity contribution is 0.00726. The topological polar surface area (TPSA) is 51.0 Å². The molecule has 1 atom stereocenters. The lowest BCUT2D eigenvalue weighted by Crippen LogP contribution is -2.48. The van der Waals surface area contributed by atoms with Gasteiger partial charge in [-0.2, -0.15) is 0 Å². The second-order valence-electron chi connectivity index (χ2n) is 4.78. The van der Waals surface area contributed by atoms with Gasteiger partial charge < -0.3 is 15.2 Å². The van der Waals surface area contributed by atoms with Crippen molar-refractivity contribution >= 4 is 0 Å². The lowest BCUT2D eigenvalue weighted by Gasteiger charge is -2.35. The average molecular weight is 243 g/mol. The fraction of sp³-hybridized carbons (Fsp3) is 1.00. The lowest BCUT2D eigenvalue weighted by atomic mass is 10.1. The Morgan fingerprint density at radius 2 is 1.53 bits per heavy atom. The monoisotopic (exact) mass is 243 g/mol. The second-order valence-corrected chi connectivity index (χ2v) is 4.78. The molecular weight excluding hydrogens is 218 g/mol. The van der Waals surface area contributed by atoms with E-state index in [0.717, 1.165) is 72.1 Å². The van der Waals surface area contributed by atoms with Crippen LogP contribution in [0.3, 0.4) is 0 Å². The summed E-state index contributed by atoms with van der Waals surface area (Å²) in [6.07, 6.45) is 1.16. The van der Waals surface area contributed by atoms with Gasteiger partial charge in [0.05, 0.1) is 26.4 Å². The van der Waals surface area contributed by atoms with Crippen molar-refractivity contribution in [3.05, 3.63) is 0 Å². The second kappa shape index (κ2) is 7.28. The van der Waals surface area contributed by atoms with Crippen molar-refractivity contribution in [1.29, 1.82) is 0 Å². The maximum absolute atomic E-state index is 5.89. The summed E-state index contributed by atoms with van der Waals surface area (Å²) in [5.74, 6) is 0. The smallest absolute Gasteiger partial charge is 0.0594 e. The van der Waals surface area contributed by atoms with E-state index in [0.29, 0.717) is 6.04 Å². The van der Waals surface area contributed by atoms with E-state index in [1.807, 2.05) is 0 Å². The molecule has 2 N–H and O–H groups in total. The Morgan fingerprint density at radius 3 is 2.12 bits per heavy atom. The van der Waals surface area contributed by atoms with Crippen molar-refractivity contribution in [3.8, 4) is 0 Å². The first kappa shape index (κ1) is 13.2. The number of ether oxygens (including phenoxy) is 2. The van der Waals surface area contributed by atoms with Gasteiger partial charge in [0.1, 0.15) is 0 Å². The number of hydrogen-bond acceptors (Lipinski definition) is 5. The molecule has 0 bridgehead atoms. The van der Waals surface area contributed by atoms with Gasteiger partial charge in [-0.25, -0.2) is 0 Å². The molecule has 2 rings (SSSR count). The van der Waals surface area contributed by atoms with Crippen LogP contribution in [0.15, 0.2) is 0 Å². The van der Waals surface area contributed by atoms with Crippen LogP contribution in [0.1, 0.15) is 6.42 Å². The van der Waals surface area contributed by atoms with E-state index in [1.54, 1.807) is 0 Å². The third-order valence-electron chi connectivity index (χ3n) is 3.72.